The molecule has 0 radical (unpaired) electrons. The third-order valence-electron chi connectivity index (χ3n) is 5.41. The van der Waals surface area contributed by atoms with Crippen molar-refractivity contribution in [2.45, 2.75) is 70.3 Å². The molecule has 1 saturated carbocycles. The molecule has 2 N–H and O–H groups in total. The molecule has 0 aromatic heterocycles. The van der Waals surface area contributed by atoms with Gasteiger partial charge in [0.15, 0.2) is 0 Å². The summed E-state index contributed by atoms with van der Waals surface area (Å²) in [5.41, 5.74) is -0.618. The van der Waals surface area contributed by atoms with Crippen LogP contribution in [-0.2, 0) is 19.6 Å². The van der Waals surface area contributed by atoms with Gasteiger partial charge in [-0.1, -0.05) is 26.2 Å². The molecule has 0 aromatic rings. The number of hydrogen-bond donors (Lipinski definition) is 2. The molecule has 0 unspecified atom stereocenters. The minimum atomic E-state index is -3.22. The third-order valence-corrected chi connectivity index (χ3v) is 7.37. The average Bonchev–Trinajstić information content (AvgIpc) is 3.00. The number of aliphatic carboxylic acids is 1. The van der Waals surface area contributed by atoms with Crippen LogP contribution in [0.5, 0.6) is 0 Å². The highest BCUT2D eigenvalue weighted by Gasteiger charge is 2.39. The van der Waals surface area contributed by atoms with Gasteiger partial charge in [-0.3, -0.25) is 9.59 Å². The molecular weight excluding hydrogens is 344 g/mol. The van der Waals surface area contributed by atoms with Crippen LogP contribution in [0.1, 0.15) is 64.7 Å². The number of carboxylic acids is 1. The van der Waals surface area contributed by atoms with Gasteiger partial charge in [-0.2, -0.15) is 0 Å². The number of carbonyl (C=O) groups excluding carboxylic acids is 1. The Balaban J connectivity index is 1.89. The Morgan fingerprint density at radius 3 is 2.32 bits per heavy atom. The van der Waals surface area contributed by atoms with Gasteiger partial charge in [0.05, 0.1) is 17.7 Å². The summed E-state index contributed by atoms with van der Waals surface area (Å²) in [5, 5.41) is 12.1. The van der Waals surface area contributed by atoms with Crippen LogP contribution in [0, 0.1) is 5.92 Å². The highest BCUT2D eigenvalue weighted by Crippen LogP contribution is 2.33. The van der Waals surface area contributed by atoms with Crippen molar-refractivity contribution in [3.63, 3.8) is 0 Å². The van der Waals surface area contributed by atoms with Crippen LogP contribution >= 0.6 is 0 Å². The van der Waals surface area contributed by atoms with E-state index in [0.717, 1.165) is 19.3 Å². The zero-order chi connectivity index (χ0) is 18.5. The molecule has 0 atom stereocenters. The summed E-state index contributed by atoms with van der Waals surface area (Å²) < 4.78 is 26.0. The zero-order valence-electron chi connectivity index (χ0n) is 15.0. The van der Waals surface area contributed by atoms with Crippen molar-refractivity contribution < 1.29 is 23.1 Å². The van der Waals surface area contributed by atoms with E-state index < -0.39 is 21.5 Å². The molecular formula is C17H30N2O5S. The molecule has 2 fully saturated rings. The lowest BCUT2D eigenvalue weighted by Gasteiger charge is -2.34. The van der Waals surface area contributed by atoms with E-state index in [1.807, 2.05) is 6.92 Å². The van der Waals surface area contributed by atoms with E-state index in [1.165, 1.54) is 4.31 Å². The van der Waals surface area contributed by atoms with Gasteiger partial charge < -0.3 is 10.4 Å². The fraction of sp³-hybridized carbons (Fsp3) is 0.882. The third kappa shape index (κ3) is 5.41. The average molecular weight is 375 g/mol. The molecule has 25 heavy (non-hydrogen) atoms. The first-order valence-electron chi connectivity index (χ1n) is 9.30. The summed E-state index contributed by atoms with van der Waals surface area (Å²) in [7, 11) is -3.22. The van der Waals surface area contributed by atoms with E-state index in [0.29, 0.717) is 45.2 Å². The quantitative estimate of drug-likeness (QED) is 0.673. The molecule has 8 heteroatoms. The van der Waals surface area contributed by atoms with Gasteiger partial charge in [-0.25, -0.2) is 12.7 Å². The lowest BCUT2D eigenvalue weighted by molar-refractivity contribution is -0.139. The molecule has 0 spiro atoms. The minimum Gasteiger partial charge on any atom is -0.481 e. The van der Waals surface area contributed by atoms with Crippen LogP contribution in [0.15, 0.2) is 0 Å². The summed E-state index contributed by atoms with van der Waals surface area (Å²) in [5.74, 6) is -1.07. The molecule has 1 aliphatic heterocycles. The number of nitrogens with one attached hydrogen (secondary N) is 1. The van der Waals surface area contributed by atoms with Crippen LogP contribution < -0.4 is 5.32 Å². The van der Waals surface area contributed by atoms with Crippen molar-refractivity contribution in [1.29, 1.82) is 0 Å². The Morgan fingerprint density at radius 1 is 1.20 bits per heavy atom. The smallest absolute Gasteiger partial charge is 0.305 e. The Morgan fingerprint density at radius 2 is 1.80 bits per heavy atom. The highest BCUT2D eigenvalue weighted by atomic mass is 32.2. The van der Waals surface area contributed by atoms with Crippen LogP contribution in [0.4, 0.5) is 0 Å². The van der Waals surface area contributed by atoms with Gasteiger partial charge >= 0.3 is 5.97 Å². The van der Waals surface area contributed by atoms with Crippen LogP contribution in [0.25, 0.3) is 0 Å². The molecule has 144 valence electrons. The molecule has 2 aliphatic rings. The number of nitrogens with zero attached hydrogens (tertiary/aromatic N) is 1. The summed E-state index contributed by atoms with van der Waals surface area (Å²) in [4.78, 5) is 23.7. The van der Waals surface area contributed by atoms with E-state index in [2.05, 4.69) is 5.32 Å². The monoisotopic (exact) mass is 374 g/mol. The van der Waals surface area contributed by atoms with Crippen molar-refractivity contribution in [1.82, 2.24) is 9.62 Å². The number of unbranched alkanes of at least 4 members (excludes halogenated alkanes) is 1. The number of hydrogen-bond acceptors (Lipinski definition) is 4. The van der Waals surface area contributed by atoms with Gasteiger partial charge in [0.1, 0.15) is 0 Å². The zero-order valence-corrected chi connectivity index (χ0v) is 15.8. The Labute approximate surface area is 150 Å². The molecule has 1 heterocycles. The van der Waals surface area contributed by atoms with Crippen molar-refractivity contribution in [2.75, 3.05) is 18.8 Å². The molecule has 2 rings (SSSR count). The second-order valence-electron chi connectivity index (χ2n) is 7.39. The number of sulfonamides is 1. The predicted molar refractivity (Wildman–Crippen MR) is 94.6 cm³/mol. The molecule has 0 aromatic carbocycles. The van der Waals surface area contributed by atoms with Crippen molar-refractivity contribution >= 4 is 21.9 Å². The maximum absolute atomic E-state index is 12.6. The summed E-state index contributed by atoms with van der Waals surface area (Å²) in [6.45, 7) is 2.70. The number of carbonyl (C=O) groups is 2. The Bertz CT molecular complexity index is 576. The summed E-state index contributed by atoms with van der Waals surface area (Å²) >= 11 is 0. The molecule has 0 bridgehead atoms. The SMILES string of the molecule is CCCCS(=O)(=O)N1CCC(C(=O)NC2(CC(=O)O)CCCC2)CC1. The topological polar surface area (TPSA) is 104 Å². The lowest BCUT2D eigenvalue weighted by Crippen LogP contribution is -2.52. The summed E-state index contributed by atoms with van der Waals surface area (Å²) in [6.07, 6.45) is 5.72. The van der Waals surface area contributed by atoms with Gasteiger partial charge in [0.25, 0.3) is 0 Å². The van der Waals surface area contributed by atoms with Crippen molar-refractivity contribution in [3.05, 3.63) is 0 Å². The number of piperidine rings is 1. The Kier molecular flexibility index (Phi) is 6.85. The Hall–Kier alpha value is -1.15. The number of rotatable bonds is 8. The van der Waals surface area contributed by atoms with Gasteiger partial charge in [0.2, 0.25) is 15.9 Å². The normalized spacial score (nSPS) is 22.0. The fourth-order valence-electron chi connectivity index (χ4n) is 3.90. The molecule has 1 saturated heterocycles. The molecule has 1 aliphatic carbocycles. The van der Waals surface area contributed by atoms with Crippen LogP contribution in [0.2, 0.25) is 0 Å². The van der Waals surface area contributed by atoms with E-state index >= 15 is 0 Å². The first-order chi connectivity index (χ1) is 11.8. The second kappa shape index (κ2) is 8.49. The fourth-order valence-corrected chi connectivity index (χ4v) is 5.58. The van der Waals surface area contributed by atoms with E-state index in [1.54, 1.807) is 0 Å². The lowest BCUT2D eigenvalue weighted by atomic mass is 9.90. The van der Waals surface area contributed by atoms with E-state index in [-0.39, 0.29) is 24.0 Å². The maximum atomic E-state index is 12.6. The van der Waals surface area contributed by atoms with E-state index in [9.17, 15) is 18.0 Å². The van der Waals surface area contributed by atoms with Crippen LogP contribution in [0.3, 0.4) is 0 Å². The van der Waals surface area contributed by atoms with Crippen LogP contribution in [-0.4, -0.2) is 54.1 Å². The molecule has 7 nitrogen and oxygen atoms in total. The highest BCUT2D eigenvalue weighted by molar-refractivity contribution is 7.89. The van der Waals surface area contributed by atoms with Gasteiger partial charge in [-0.15, -0.1) is 0 Å². The molecule has 1 amide bonds. The van der Waals surface area contributed by atoms with Gasteiger partial charge in [0, 0.05) is 19.0 Å². The largest absolute Gasteiger partial charge is 0.481 e. The number of amides is 1. The summed E-state index contributed by atoms with van der Waals surface area (Å²) in [6, 6.07) is 0. The first kappa shape index (κ1) is 20.2. The first-order valence-corrected chi connectivity index (χ1v) is 10.9. The van der Waals surface area contributed by atoms with Crippen molar-refractivity contribution in [3.8, 4) is 0 Å². The van der Waals surface area contributed by atoms with E-state index in [4.69, 9.17) is 5.11 Å². The van der Waals surface area contributed by atoms with Crippen molar-refractivity contribution in [2.24, 2.45) is 5.92 Å². The minimum absolute atomic E-state index is 0.0387. The maximum Gasteiger partial charge on any atom is 0.305 e. The standard InChI is InChI=1S/C17H30N2O5S/c1-2-3-12-25(23,24)19-10-6-14(7-11-19)16(22)18-17(13-15(20)21)8-4-5-9-17/h14H,2-13H2,1H3,(H,18,22)(H,20,21). The predicted octanol–water partition coefficient (Wildman–Crippen LogP) is 1.73. The van der Waals surface area contributed by atoms with Gasteiger partial charge in [-0.05, 0) is 32.1 Å². The number of carboxylic acid groups (broad SMARTS) is 1. The second-order valence-corrected chi connectivity index (χ2v) is 9.48.